The van der Waals surface area contributed by atoms with Crippen LogP contribution >= 0.6 is 11.8 Å². The predicted octanol–water partition coefficient (Wildman–Crippen LogP) is 4.45. The first-order chi connectivity index (χ1) is 11.1. The van der Waals surface area contributed by atoms with Crippen molar-refractivity contribution >= 4 is 17.7 Å². The van der Waals surface area contributed by atoms with Crippen LogP contribution in [0.2, 0.25) is 0 Å². The summed E-state index contributed by atoms with van der Waals surface area (Å²) in [6, 6.07) is 14.8. The summed E-state index contributed by atoms with van der Waals surface area (Å²) in [5.41, 5.74) is 2.08. The maximum absolute atomic E-state index is 13.5. The van der Waals surface area contributed by atoms with Gasteiger partial charge >= 0.3 is 0 Å². The number of nitrogens with zero attached hydrogens (tertiary/aromatic N) is 1. The van der Waals surface area contributed by atoms with Crippen LogP contribution < -0.4 is 0 Å². The van der Waals surface area contributed by atoms with Gasteiger partial charge in [-0.2, -0.15) is 0 Å². The van der Waals surface area contributed by atoms with E-state index in [0.717, 1.165) is 22.4 Å². The number of hydrogen-bond acceptors (Lipinski definition) is 2. The number of hydrogen-bond donors (Lipinski definition) is 0. The molecule has 0 N–H and O–H groups in total. The smallest absolute Gasteiger partial charge is 0.236 e. The number of benzene rings is 2. The Morgan fingerprint density at radius 2 is 2.00 bits per heavy atom. The van der Waals surface area contributed by atoms with Crippen molar-refractivity contribution in [1.82, 2.24) is 4.90 Å². The summed E-state index contributed by atoms with van der Waals surface area (Å²) < 4.78 is 13.5. The highest BCUT2D eigenvalue weighted by molar-refractivity contribution is 8.00. The SMILES string of the molecule is CC(Sc1ccccc1)C(=O)N1CCc2ccc(F)cc2C1C. The largest absolute Gasteiger partial charge is 0.335 e. The number of rotatable bonds is 3. The van der Waals surface area contributed by atoms with E-state index in [9.17, 15) is 9.18 Å². The van der Waals surface area contributed by atoms with Crippen molar-refractivity contribution in [1.29, 1.82) is 0 Å². The Kier molecular flexibility index (Phi) is 4.71. The Labute approximate surface area is 140 Å². The minimum Gasteiger partial charge on any atom is -0.335 e. The van der Waals surface area contributed by atoms with Gasteiger partial charge in [0, 0.05) is 11.4 Å². The van der Waals surface area contributed by atoms with Crippen molar-refractivity contribution in [2.45, 2.75) is 36.5 Å². The van der Waals surface area contributed by atoms with Gasteiger partial charge in [0.1, 0.15) is 5.82 Å². The molecule has 1 aliphatic rings. The molecule has 0 aromatic heterocycles. The Hall–Kier alpha value is -1.81. The number of thioether (sulfide) groups is 1. The van der Waals surface area contributed by atoms with Crippen LogP contribution in [-0.4, -0.2) is 22.6 Å². The molecule has 2 atom stereocenters. The minimum atomic E-state index is -0.239. The molecule has 0 bridgehead atoms. The highest BCUT2D eigenvalue weighted by atomic mass is 32.2. The number of carbonyl (C=O) groups is 1. The zero-order valence-corrected chi connectivity index (χ0v) is 14.1. The molecule has 1 amide bonds. The van der Waals surface area contributed by atoms with Gasteiger partial charge in [-0.15, -0.1) is 11.8 Å². The topological polar surface area (TPSA) is 20.3 Å². The molecule has 0 saturated heterocycles. The monoisotopic (exact) mass is 329 g/mol. The van der Waals surface area contributed by atoms with Crippen LogP contribution in [0.1, 0.15) is 31.0 Å². The van der Waals surface area contributed by atoms with Gasteiger partial charge in [0.15, 0.2) is 0 Å². The quantitative estimate of drug-likeness (QED) is 0.775. The van der Waals surface area contributed by atoms with Gasteiger partial charge in [-0.3, -0.25) is 4.79 Å². The average Bonchev–Trinajstić information content (AvgIpc) is 2.56. The third kappa shape index (κ3) is 3.42. The van der Waals surface area contributed by atoms with E-state index < -0.39 is 0 Å². The number of carbonyl (C=O) groups excluding carboxylic acids is 1. The van der Waals surface area contributed by atoms with Crippen molar-refractivity contribution in [2.75, 3.05) is 6.54 Å². The molecule has 23 heavy (non-hydrogen) atoms. The lowest BCUT2D eigenvalue weighted by molar-refractivity contribution is -0.132. The zero-order chi connectivity index (χ0) is 16.4. The number of amides is 1. The summed E-state index contributed by atoms with van der Waals surface area (Å²) in [6.45, 7) is 4.61. The first kappa shape index (κ1) is 16.1. The van der Waals surface area contributed by atoms with E-state index in [0.29, 0.717) is 6.54 Å². The summed E-state index contributed by atoms with van der Waals surface area (Å²) in [6.07, 6.45) is 0.786. The third-order valence-electron chi connectivity index (χ3n) is 4.33. The minimum absolute atomic E-state index is 0.0826. The van der Waals surface area contributed by atoms with Gasteiger partial charge in [-0.05, 0) is 55.7 Å². The van der Waals surface area contributed by atoms with E-state index in [-0.39, 0.29) is 23.0 Å². The second kappa shape index (κ2) is 6.75. The summed E-state index contributed by atoms with van der Waals surface area (Å²) in [4.78, 5) is 15.8. The first-order valence-electron chi connectivity index (χ1n) is 7.87. The van der Waals surface area contributed by atoms with Gasteiger partial charge in [0.2, 0.25) is 5.91 Å². The summed E-state index contributed by atoms with van der Waals surface area (Å²) in [7, 11) is 0. The van der Waals surface area contributed by atoms with Gasteiger partial charge in [-0.1, -0.05) is 24.3 Å². The van der Waals surface area contributed by atoms with Crippen LogP contribution in [-0.2, 0) is 11.2 Å². The van der Waals surface area contributed by atoms with Crippen LogP contribution in [0.15, 0.2) is 53.4 Å². The number of fused-ring (bicyclic) bond motifs is 1. The molecular formula is C19H20FNOS. The lowest BCUT2D eigenvalue weighted by atomic mass is 9.93. The molecule has 2 aromatic rings. The molecular weight excluding hydrogens is 309 g/mol. The molecule has 0 saturated carbocycles. The van der Waals surface area contributed by atoms with Crippen LogP contribution in [0.4, 0.5) is 4.39 Å². The van der Waals surface area contributed by atoms with Crippen LogP contribution in [0.5, 0.6) is 0 Å². The molecule has 0 aliphatic carbocycles. The highest BCUT2D eigenvalue weighted by Gasteiger charge is 2.30. The summed E-state index contributed by atoms with van der Waals surface area (Å²) in [5, 5.41) is -0.157. The van der Waals surface area contributed by atoms with Crippen LogP contribution in [0.3, 0.4) is 0 Å². The molecule has 2 nitrogen and oxygen atoms in total. The van der Waals surface area contributed by atoms with E-state index in [4.69, 9.17) is 0 Å². The van der Waals surface area contributed by atoms with Gasteiger partial charge in [-0.25, -0.2) is 4.39 Å². The zero-order valence-electron chi connectivity index (χ0n) is 13.3. The fourth-order valence-electron chi connectivity index (χ4n) is 3.07. The lowest BCUT2D eigenvalue weighted by Gasteiger charge is -2.36. The molecule has 1 aliphatic heterocycles. The van der Waals surface area contributed by atoms with Crippen molar-refractivity contribution in [2.24, 2.45) is 0 Å². The highest BCUT2D eigenvalue weighted by Crippen LogP contribution is 2.33. The average molecular weight is 329 g/mol. The van der Waals surface area contributed by atoms with Gasteiger partial charge < -0.3 is 4.90 Å². The van der Waals surface area contributed by atoms with E-state index in [1.807, 2.05) is 55.1 Å². The maximum Gasteiger partial charge on any atom is 0.236 e. The fourth-order valence-corrected chi connectivity index (χ4v) is 4.03. The molecule has 0 spiro atoms. The molecule has 0 fully saturated rings. The van der Waals surface area contributed by atoms with Crippen LogP contribution in [0.25, 0.3) is 0 Å². The molecule has 4 heteroatoms. The number of halogens is 1. The second-order valence-corrected chi connectivity index (χ2v) is 7.29. The third-order valence-corrected chi connectivity index (χ3v) is 5.43. The van der Waals surface area contributed by atoms with E-state index >= 15 is 0 Å². The van der Waals surface area contributed by atoms with E-state index in [2.05, 4.69) is 0 Å². The standard InChI is InChI=1S/C19H20FNOS/c1-13-18-12-16(20)9-8-15(18)10-11-21(13)19(22)14(2)23-17-6-4-3-5-7-17/h3-9,12-14H,10-11H2,1-2H3. The Balaban J connectivity index is 1.75. The molecule has 120 valence electrons. The van der Waals surface area contributed by atoms with Gasteiger partial charge in [0.05, 0.1) is 11.3 Å². The Bertz CT molecular complexity index is 704. The fraction of sp³-hybridized carbons (Fsp3) is 0.316. The molecule has 1 heterocycles. The molecule has 0 radical (unpaired) electrons. The van der Waals surface area contributed by atoms with E-state index in [1.54, 1.807) is 17.8 Å². The van der Waals surface area contributed by atoms with Crippen LogP contribution in [0, 0.1) is 5.82 Å². The first-order valence-corrected chi connectivity index (χ1v) is 8.74. The Morgan fingerprint density at radius 3 is 2.74 bits per heavy atom. The molecule has 2 unspecified atom stereocenters. The maximum atomic E-state index is 13.5. The predicted molar refractivity (Wildman–Crippen MR) is 92.0 cm³/mol. The summed E-state index contributed by atoms with van der Waals surface area (Å²) in [5.74, 6) is -0.127. The van der Waals surface area contributed by atoms with Crippen molar-refractivity contribution in [3.63, 3.8) is 0 Å². The molecule has 3 rings (SSSR count). The summed E-state index contributed by atoms with van der Waals surface area (Å²) >= 11 is 1.57. The van der Waals surface area contributed by atoms with Gasteiger partial charge in [0.25, 0.3) is 0 Å². The molecule has 2 aromatic carbocycles. The second-order valence-electron chi connectivity index (χ2n) is 5.87. The van der Waals surface area contributed by atoms with E-state index in [1.165, 1.54) is 6.07 Å². The normalized spacial score (nSPS) is 18.4. The Morgan fingerprint density at radius 1 is 1.26 bits per heavy atom. The van der Waals surface area contributed by atoms with Crippen molar-refractivity contribution in [3.05, 3.63) is 65.5 Å². The lowest BCUT2D eigenvalue weighted by Crippen LogP contribution is -2.42. The van der Waals surface area contributed by atoms with Crippen molar-refractivity contribution in [3.8, 4) is 0 Å². The van der Waals surface area contributed by atoms with Crippen molar-refractivity contribution < 1.29 is 9.18 Å².